The van der Waals surface area contributed by atoms with Crippen LogP contribution in [-0.4, -0.2) is 41.5 Å². The van der Waals surface area contributed by atoms with E-state index in [-0.39, 0.29) is 0 Å². The normalized spacial score (nSPS) is 13.1. The first-order valence-electron chi connectivity index (χ1n) is 4.39. The van der Waals surface area contributed by atoms with Crippen LogP contribution in [0.25, 0.3) is 0 Å². The zero-order chi connectivity index (χ0) is 9.52. The van der Waals surface area contributed by atoms with Crippen LogP contribution in [0, 0.1) is 0 Å². The summed E-state index contributed by atoms with van der Waals surface area (Å²) >= 11 is 0. The second-order valence-corrected chi connectivity index (χ2v) is 2.99. The largest absolute Gasteiger partial charge is 0.383 e. The van der Waals surface area contributed by atoms with E-state index >= 15 is 0 Å². The van der Waals surface area contributed by atoms with Crippen molar-refractivity contribution in [3.05, 3.63) is 12.2 Å². The van der Waals surface area contributed by atoms with Gasteiger partial charge in [-0.3, -0.25) is 5.10 Å². The van der Waals surface area contributed by atoms with E-state index in [1.807, 2.05) is 0 Å². The van der Waals surface area contributed by atoms with Crippen molar-refractivity contribution in [2.45, 2.75) is 19.4 Å². The molecule has 13 heavy (non-hydrogen) atoms. The number of aromatic amines is 1. The van der Waals surface area contributed by atoms with Gasteiger partial charge in [-0.15, -0.1) is 0 Å². The Morgan fingerprint density at radius 3 is 3.15 bits per heavy atom. The molecule has 1 rings (SSSR count). The van der Waals surface area contributed by atoms with Gasteiger partial charge in [-0.2, -0.15) is 5.10 Å². The molecule has 0 aromatic carbocycles. The maximum atomic E-state index is 4.99. The third-order valence-electron chi connectivity index (χ3n) is 1.74. The molecule has 0 spiro atoms. The smallest absolute Gasteiger partial charge is 0.137 e. The Balaban J connectivity index is 2.07. The molecule has 1 unspecified atom stereocenters. The first-order valence-corrected chi connectivity index (χ1v) is 4.39. The van der Waals surface area contributed by atoms with E-state index in [9.17, 15) is 0 Å². The molecule has 5 heteroatoms. The van der Waals surface area contributed by atoms with Crippen molar-refractivity contribution in [3.8, 4) is 0 Å². The van der Waals surface area contributed by atoms with Crippen LogP contribution in [0.4, 0.5) is 0 Å². The molecular formula is C8H16N4O. The summed E-state index contributed by atoms with van der Waals surface area (Å²) in [6.45, 7) is 3.71. The van der Waals surface area contributed by atoms with Gasteiger partial charge in [0, 0.05) is 26.1 Å². The number of ether oxygens (including phenoxy) is 1. The Bertz CT molecular complexity index is 212. The van der Waals surface area contributed by atoms with Crippen molar-refractivity contribution in [2.24, 2.45) is 0 Å². The van der Waals surface area contributed by atoms with Crippen LogP contribution in [0.1, 0.15) is 12.7 Å². The first-order chi connectivity index (χ1) is 6.33. The van der Waals surface area contributed by atoms with E-state index in [1.54, 1.807) is 7.11 Å². The summed E-state index contributed by atoms with van der Waals surface area (Å²) in [7, 11) is 1.70. The Morgan fingerprint density at radius 2 is 2.54 bits per heavy atom. The Labute approximate surface area is 77.9 Å². The number of aromatic nitrogens is 3. The lowest BCUT2D eigenvalue weighted by atomic mass is 10.3. The van der Waals surface area contributed by atoms with Crippen LogP contribution in [0.5, 0.6) is 0 Å². The molecule has 74 valence electrons. The highest BCUT2D eigenvalue weighted by Gasteiger charge is 2.00. The molecule has 0 amide bonds. The summed E-state index contributed by atoms with van der Waals surface area (Å²) in [5, 5.41) is 9.89. The number of hydrogen-bond donors (Lipinski definition) is 2. The van der Waals surface area contributed by atoms with Crippen LogP contribution >= 0.6 is 0 Å². The molecule has 0 radical (unpaired) electrons. The second-order valence-electron chi connectivity index (χ2n) is 2.99. The topological polar surface area (TPSA) is 62.8 Å². The SMILES string of the molecule is COCC(C)NCCc1ncn[nH]1. The van der Waals surface area contributed by atoms with E-state index in [4.69, 9.17) is 4.74 Å². The lowest BCUT2D eigenvalue weighted by molar-refractivity contribution is 0.172. The van der Waals surface area contributed by atoms with Crippen molar-refractivity contribution in [3.63, 3.8) is 0 Å². The molecule has 0 aliphatic heterocycles. The first kappa shape index (κ1) is 10.1. The van der Waals surface area contributed by atoms with Gasteiger partial charge in [-0.25, -0.2) is 4.98 Å². The molecule has 2 N–H and O–H groups in total. The fraction of sp³-hybridized carbons (Fsp3) is 0.750. The minimum Gasteiger partial charge on any atom is -0.383 e. The molecule has 1 atom stereocenters. The molecule has 0 fully saturated rings. The van der Waals surface area contributed by atoms with E-state index in [1.165, 1.54) is 6.33 Å². The fourth-order valence-corrected chi connectivity index (χ4v) is 1.10. The second kappa shape index (κ2) is 5.66. The van der Waals surface area contributed by atoms with E-state index in [0.29, 0.717) is 6.04 Å². The predicted molar refractivity (Wildman–Crippen MR) is 49.4 cm³/mol. The van der Waals surface area contributed by atoms with E-state index < -0.39 is 0 Å². The quantitative estimate of drug-likeness (QED) is 0.652. The zero-order valence-corrected chi connectivity index (χ0v) is 8.08. The summed E-state index contributed by atoms with van der Waals surface area (Å²) in [5.74, 6) is 0.914. The van der Waals surface area contributed by atoms with Gasteiger partial charge in [0.25, 0.3) is 0 Å². The van der Waals surface area contributed by atoms with Gasteiger partial charge in [0.15, 0.2) is 0 Å². The summed E-state index contributed by atoms with van der Waals surface area (Å²) < 4.78 is 4.99. The van der Waals surface area contributed by atoms with Gasteiger partial charge in [0.2, 0.25) is 0 Å². The number of nitrogens with zero attached hydrogens (tertiary/aromatic N) is 2. The molecule has 5 nitrogen and oxygen atoms in total. The summed E-state index contributed by atoms with van der Waals surface area (Å²) in [6.07, 6.45) is 2.39. The van der Waals surface area contributed by atoms with Gasteiger partial charge in [-0.05, 0) is 6.92 Å². The van der Waals surface area contributed by atoms with Crippen molar-refractivity contribution < 1.29 is 4.74 Å². The number of nitrogens with one attached hydrogen (secondary N) is 2. The number of methoxy groups -OCH3 is 1. The van der Waals surface area contributed by atoms with Gasteiger partial charge >= 0.3 is 0 Å². The standard InChI is InChI=1S/C8H16N4O/c1-7(5-13-2)9-4-3-8-10-6-11-12-8/h6-7,9H,3-5H2,1-2H3,(H,10,11,12). The van der Waals surface area contributed by atoms with E-state index in [2.05, 4.69) is 27.4 Å². The average molecular weight is 184 g/mol. The Kier molecular flexibility index (Phi) is 4.42. The van der Waals surface area contributed by atoms with Crippen molar-refractivity contribution in [2.75, 3.05) is 20.3 Å². The zero-order valence-electron chi connectivity index (χ0n) is 8.08. The maximum Gasteiger partial charge on any atom is 0.137 e. The molecule has 0 bridgehead atoms. The van der Waals surface area contributed by atoms with Crippen LogP contribution in [0.15, 0.2) is 6.33 Å². The van der Waals surface area contributed by atoms with Crippen LogP contribution < -0.4 is 5.32 Å². The Hall–Kier alpha value is -0.940. The molecule has 1 heterocycles. The van der Waals surface area contributed by atoms with E-state index in [0.717, 1.165) is 25.4 Å². The van der Waals surface area contributed by atoms with Gasteiger partial charge in [0.05, 0.1) is 6.61 Å². The minimum atomic E-state index is 0.382. The fourth-order valence-electron chi connectivity index (χ4n) is 1.10. The third kappa shape index (κ3) is 4.00. The molecule has 1 aromatic heterocycles. The number of rotatable bonds is 6. The van der Waals surface area contributed by atoms with Crippen LogP contribution in [-0.2, 0) is 11.2 Å². The van der Waals surface area contributed by atoms with Crippen molar-refractivity contribution in [1.29, 1.82) is 0 Å². The summed E-state index contributed by atoms with van der Waals surface area (Å²) in [4.78, 5) is 4.02. The summed E-state index contributed by atoms with van der Waals surface area (Å²) in [5.41, 5.74) is 0. The number of H-pyrrole nitrogens is 1. The monoisotopic (exact) mass is 184 g/mol. The highest BCUT2D eigenvalue weighted by Crippen LogP contribution is 1.87. The molecule has 0 saturated heterocycles. The maximum absolute atomic E-state index is 4.99. The summed E-state index contributed by atoms with van der Waals surface area (Å²) in [6, 6.07) is 0.382. The molecule has 0 aliphatic carbocycles. The van der Waals surface area contributed by atoms with Gasteiger partial charge in [0.1, 0.15) is 12.2 Å². The van der Waals surface area contributed by atoms with Gasteiger partial charge in [-0.1, -0.05) is 0 Å². The lowest BCUT2D eigenvalue weighted by Gasteiger charge is -2.11. The highest BCUT2D eigenvalue weighted by atomic mass is 16.5. The Morgan fingerprint density at radius 1 is 1.69 bits per heavy atom. The molecule has 1 aromatic rings. The van der Waals surface area contributed by atoms with Crippen LogP contribution in [0.3, 0.4) is 0 Å². The molecular weight excluding hydrogens is 168 g/mol. The molecule has 0 aliphatic rings. The van der Waals surface area contributed by atoms with Crippen molar-refractivity contribution >= 4 is 0 Å². The van der Waals surface area contributed by atoms with Gasteiger partial charge < -0.3 is 10.1 Å². The van der Waals surface area contributed by atoms with Crippen molar-refractivity contribution in [1.82, 2.24) is 20.5 Å². The number of hydrogen-bond acceptors (Lipinski definition) is 4. The molecule has 0 saturated carbocycles. The third-order valence-corrected chi connectivity index (χ3v) is 1.74. The minimum absolute atomic E-state index is 0.382. The predicted octanol–water partition coefficient (Wildman–Crippen LogP) is -0.0283. The van der Waals surface area contributed by atoms with Crippen LogP contribution in [0.2, 0.25) is 0 Å². The lowest BCUT2D eigenvalue weighted by Crippen LogP contribution is -2.31. The average Bonchev–Trinajstić information content (AvgIpc) is 2.57. The highest BCUT2D eigenvalue weighted by molar-refractivity contribution is 4.80.